The summed E-state index contributed by atoms with van der Waals surface area (Å²) in [6.07, 6.45) is 11.7. The topological polar surface area (TPSA) is 66.6 Å². The minimum Gasteiger partial charge on any atom is -0.356 e. The lowest BCUT2D eigenvalue weighted by Crippen LogP contribution is -2.40. The van der Waals surface area contributed by atoms with Gasteiger partial charge in [-0.2, -0.15) is 0 Å². The number of aryl methyl sites for hydroxylation is 2. The number of hydrogen-bond acceptors (Lipinski definition) is 5. The standard InChI is InChI=1S/C26H32N6O/c1-17-10-13-30-16-21(28-23(30)14-17)26(33)32-12-4-3-7-22(32)24-27-18(2)20-6-5-11-31(25(20)29-24)15-19-8-9-19/h10,13-14,16,19,22H,3-9,11-12,15H2,1-2H3. The number of rotatable bonds is 4. The highest BCUT2D eigenvalue weighted by Crippen LogP contribution is 2.37. The Hall–Kier alpha value is -2.96. The van der Waals surface area contributed by atoms with Gasteiger partial charge in [-0.3, -0.25) is 4.79 Å². The van der Waals surface area contributed by atoms with Crippen LogP contribution < -0.4 is 4.90 Å². The summed E-state index contributed by atoms with van der Waals surface area (Å²) in [4.78, 5) is 32.8. The van der Waals surface area contributed by atoms with Gasteiger partial charge in [-0.25, -0.2) is 15.0 Å². The number of pyridine rings is 1. The average molecular weight is 445 g/mol. The van der Waals surface area contributed by atoms with Crippen LogP contribution in [-0.4, -0.2) is 49.8 Å². The maximum Gasteiger partial charge on any atom is 0.274 e. The van der Waals surface area contributed by atoms with Gasteiger partial charge in [0.2, 0.25) is 0 Å². The van der Waals surface area contributed by atoms with E-state index in [9.17, 15) is 4.79 Å². The Labute approximate surface area is 194 Å². The molecule has 2 aliphatic heterocycles. The van der Waals surface area contributed by atoms with E-state index >= 15 is 0 Å². The molecule has 0 bridgehead atoms. The first-order valence-corrected chi connectivity index (χ1v) is 12.5. The summed E-state index contributed by atoms with van der Waals surface area (Å²) in [6.45, 7) is 7.06. The molecular weight excluding hydrogens is 412 g/mol. The van der Waals surface area contributed by atoms with E-state index in [2.05, 4.69) is 16.8 Å². The van der Waals surface area contributed by atoms with Gasteiger partial charge in [0.25, 0.3) is 5.91 Å². The molecule has 7 nitrogen and oxygen atoms in total. The normalized spacial score (nSPS) is 20.8. The Morgan fingerprint density at radius 1 is 1.06 bits per heavy atom. The SMILES string of the molecule is Cc1ccn2cc(C(=O)N3CCCCC3c3nc(C)c4c(n3)N(CC3CC3)CCC4)nc2c1. The van der Waals surface area contributed by atoms with Crippen LogP contribution in [0.15, 0.2) is 24.5 Å². The van der Waals surface area contributed by atoms with Crippen molar-refractivity contribution in [2.45, 2.75) is 64.8 Å². The molecule has 3 aliphatic rings. The highest BCUT2D eigenvalue weighted by atomic mass is 16.2. The van der Waals surface area contributed by atoms with Crippen LogP contribution in [0, 0.1) is 19.8 Å². The van der Waals surface area contributed by atoms with Crippen LogP contribution in [-0.2, 0) is 6.42 Å². The third kappa shape index (κ3) is 3.87. The molecule has 1 amide bonds. The van der Waals surface area contributed by atoms with E-state index in [1.54, 1.807) is 0 Å². The number of carbonyl (C=O) groups is 1. The third-order valence-electron chi connectivity index (χ3n) is 7.44. The highest BCUT2D eigenvalue weighted by Gasteiger charge is 2.34. The molecule has 0 aromatic carbocycles. The molecule has 0 spiro atoms. The van der Waals surface area contributed by atoms with Crippen molar-refractivity contribution in [2.24, 2.45) is 5.92 Å². The number of carbonyl (C=O) groups excluding carboxylic acids is 1. The summed E-state index contributed by atoms with van der Waals surface area (Å²) < 4.78 is 1.93. The number of amides is 1. The van der Waals surface area contributed by atoms with E-state index in [0.717, 1.165) is 79.8 Å². The van der Waals surface area contributed by atoms with Crippen molar-refractivity contribution in [1.82, 2.24) is 24.3 Å². The van der Waals surface area contributed by atoms with Gasteiger partial charge < -0.3 is 14.2 Å². The number of aromatic nitrogens is 4. The van der Waals surface area contributed by atoms with E-state index in [-0.39, 0.29) is 11.9 Å². The number of anilines is 1. The lowest BCUT2D eigenvalue weighted by Gasteiger charge is -2.36. The maximum atomic E-state index is 13.6. The summed E-state index contributed by atoms with van der Waals surface area (Å²) >= 11 is 0. The van der Waals surface area contributed by atoms with Crippen molar-refractivity contribution in [1.29, 1.82) is 0 Å². The van der Waals surface area contributed by atoms with Gasteiger partial charge in [-0.15, -0.1) is 0 Å². The summed E-state index contributed by atoms with van der Waals surface area (Å²) in [5.74, 6) is 2.73. The largest absolute Gasteiger partial charge is 0.356 e. The quantitative estimate of drug-likeness (QED) is 0.601. The smallest absolute Gasteiger partial charge is 0.274 e. The van der Waals surface area contributed by atoms with Gasteiger partial charge in [0.1, 0.15) is 17.2 Å². The van der Waals surface area contributed by atoms with Crippen LogP contribution in [0.1, 0.15) is 77.7 Å². The molecule has 172 valence electrons. The second-order valence-electron chi connectivity index (χ2n) is 10.1. The van der Waals surface area contributed by atoms with Crippen molar-refractivity contribution in [3.05, 3.63) is 52.9 Å². The van der Waals surface area contributed by atoms with Crippen LogP contribution in [0.5, 0.6) is 0 Å². The van der Waals surface area contributed by atoms with Crippen molar-refractivity contribution in [3.8, 4) is 0 Å². The molecule has 6 rings (SSSR count). The molecule has 2 fully saturated rings. The molecule has 1 saturated heterocycles. The fourth-order valence-electron chi connectivity index (χ4n) is 5.42. The monoisotopic (exact) mass is 444 g/mol. The van der Waals surface area contributed by atoms with Crippen molar-refractivity contribution < 1.29 is 4.79 Å². The fraction of sp³-hybridized carbons (Fsp3) is 0.538. The first-order valence-electron chi connectivity index (χ1n) is 12.5. The average Bonchev–Trinajstić information content (AvgIpc) is 3.54. The molecule has 33 heavy (non-hydrogen) atoms. The Bertz CT molecular complexity index is 1210. The molecule has 1 saturated carbocycles. The van der Waals surface area contributed by atoms with Gasteiger partial charge in [0.15, 0.2) is 5.82 Å². The minimum atomic E-state index is -0.0912. The first kappa shape index (κ1) is 20.6. The predicted octanol–water partition coefficient (Wildman–Crippen LogP) is 4.27. The Kier molecular flexibility index (Phi) is 5.07. The lowest BCUT2D eigenvalue weighted by molar-refractivity contribution is 0.0594. The minimum absolute atomic E-state index is 0.0186. The number of imidazole rings is 1. The molecule has 0 radical (unpaired) electrons. The Balaban J connectivity index is 1.34. The van der Waals surface area contributed by atoms with E-state index in [4.69, 9.17) is 9.97 Å². The molecule has 5 heterocycles. The molecule has 7 heteroatoms. The summed E-state index contributed by atoms with van der Waals surface area (Å²) in [6, 6.07) is 3.95. The fourth-order valence-corrected chi connectivity index (χ4v) is 5.42. The van der Waals surface area contributed by atoms with Gasteiger partial charge >= 0.3 is 0 Å². The lowest BCUT2D eigenvalue weighted by atomic mass is 9.99. The van der Waals surface area contributed by atoms with E-state index in [0.29, 0.717) is 5.69 Å². The molecule has 3 aromatic heterocycles. The van der Waals surface area contributed by atoms with Crippen LogP contribution in [0.3, 0.4) is 0 Å². The molecule has 1 unspecified atom stereocenters. The molecule has 1 aliphatic carbocycles. The van der Waals surface area contributed by atoms with Gasteiger partial charge in [0, 0.05) is 43.3 Å². The van der Waals surface area contributed by atoms with Crippen LogP contribution in [0.2, 0.25) is 0 Å². The zero-order chi connectivity index (χ0) is 22.5. The van der Waals surface area contributed by atoms with Crippen LogP contribution in [0.4, 0.5) is 5.82 Å². The predicted molar refractivity (Wildman–Crippen MR) is 128 cm³/mol. The van der Waals surface area contributed by atoms with E-state index in [1.807, 2.05) is 40.8 Å². The molecular formula is C26H32N6O. The van der Waals surface area contributed by atoms with Crippen molar-refractivity contribution >= 4 is 17.4 Å². The van der Waals surface area contributed by atoms with Gasteiger partial charge in [-0.05, 0) is 82.4 Å². The second kappa shape index (κ2) is 8.12. The van der Waals surface area contributed by atoms with E-state index in [1.165, 1.54) is 24.8 Å². The van der Waals surface area contributed by atoms with Crippen LogP contribution >= 0.6 is 0 Å². The van der Waals surface area contributed by atoms with Crippen molar-refractivity contribution in [3.63, 3.8) is 0 Å². The molecule has 0 N–H and O–H groups in total. The maximum absolute atomic E-state index is 13.6. The highest BCUT2D eigenvalue weighted by molar-refractivity contribution is 5.93. The zero-order valence-electron chi connectivity index (χ0n) is 19.6. The number of hydrogen-bond donors (Lipinski definition) is 0. The van der Waals surface area contributed by atoms with Gasteiger partial charge in [-0.1, -0.05) is 0 Å². The van der Waals surface area contributed by atoms with Crippen LogP contribution in [0.25, 0.3) is 5.65 Å². The summed E-state index contributed by atoms with van der Waals surface area (Å²) in [5, 5.41) is 0. The number of nitrogens with zero attached hydrogens (tertiary/aromatic N) is 6. The zero-order valence-corrected chi connectivity index (χ0v) is 19.6. The number of likely N-dealkylation sites (tertiary alicyclic amines) is 1. The van der Waals surface area contributed by atoms with E-state index < -0.39 is 0 Å². The molecule has 1 atom stereocenters. The molecule has 3 aromatic rings. The Morgan fingerprint density at radius 3 is 2.79 bits per heavy atom. The van der Waals surface area contributed by atoms with Gasteiger partial charge in [0.05, 0.1) is 6.04 Å². The first-order chi connectivity index (χ1) is 16.1. The summed E-state index contributed by atoms with van der Waals surface area (Å²) in [5.41, 5.74) is 4.82. The Morgan fingerprint density at radius 2 is 1.94 bits per heavy atom. The second-order valence-corrected chi connectivity index (χ2v) is 10.1. The number of piperidine rings is 1. The third-order valence-corrected chi connectivity index (χ3v) is 7.44. The van der Waals surface area contributed by atoms with Crippen molar-refractivity contribution in [2.75, 3.05) is 24.5 Å². The summed E-state index contributed by atoms with van der Waals surface area (Å²) in [7, 11) is 0. The number of fused-ring (bicyclic) bond motifs is 2.